The summed E-state index contributed by atoms with van der Waals surface area (Å²) in [5.74, 6) is -3.80. The van der Waals surface area contributed by atoms with Gasteiger partial charge < -0.3 is 35.8 Å². The summed E-state index contributed by atoms with van der Waals surface area (Å²) in [7, 11) is 0. The molecule has 1 aliphatic rings. The van der Waals surface area contributed by atoms with Crippen molar-refractivity contribution in [2.75, 3.05) is 30.3 Å². The van der Waals surface area contributed by atoms with E-state index in [-0.39, 0.29) is 13.1 Å². The summed E-state index contributed by atoms with van der Waals surface area (Å²) in [5.41, 5.74) is 0.976. The van der Waals surface area contributed by atoms with E-state index in [1.165, 1.54) is 65.2 Å². The number of hydrogen-bond acceptors (Lipinski definition) is 8. The summed E-state index contributed by atoms with van der Waals surface area (Å²) in [6.45, 7) is 3.61. The predicted octanol–water partition coefficient (Wildman–Crippen LogP) is 3.23. The number of aliphatic carboxylic acids is 1. The number of aliphatic hydroxyl groups excluding tert-OH is 1. The average molecular weight is 714 g/mol. The molecule has 0 spiro atoms. The van der Waals surface area contributed by atoms with Crippen LogP contribution in [0.4, 0.5) is 14.5 Å². The standard InChI is InChI=1S/C35H38F2N4O8S/c1-35(2,3)32(34(47)48)40-28(44)17-38-27(43)16-39-29(45)18-49-25-14-6-21(7-15-25)30-31(33(46)41(30)24-12-10-23(37)11-13-24)50-19-26(42)20-4-8-22(36)9-5-20/h4-15,26,30-32,42H,16-19H2,1-3H3,(H,38,43)(H,39,45)(H,40,44)(H,47,48)/p+1/t26?,30-,31-,32+/m1/s1. The van der Waals surface area contributed by atoms with Gasteiger partial charge in [0.1, 0.15) is 28.7 Å². The number of thioether (sulfide) groups is 1. The second-order valence-corrected chi connectivity index (χ2v) is 13.7. The largest absolute Gasteiger partial charge is 1.00 e. The summed E-state index contributed by atoms with van der Waals surface area (Å²) in [4.78, 5) is 62.8. The maximum Gasteiger partial charge on any atom is 1.00 e. The number of aliphatic hydroxyl groups is 1. The number of carbonyl (C=O) groups excluding carboxylic acids is 4. The van der Waals surface area contributed by atoms with Crippen LogP contribution in [0.15, 0.2) is 72.8 Å². The number of nitrogens with one attached hydrogen (secondary N) is 3. The third-order valence-corrected chi connectivity index (χ3v) is 9.07. The van der Waals surface area contributed by atoms with Gasteiger partial charge in [-0.3, -0.25) is 19.2 Å². The van der Waals surface area contributed by atoms with Crippen molar-refractivity contribution >= 4 is 47.0 Å². The monoisotopic (exact) mass is 713 g/mol. The SMILES string of the molecule is CC(C)(C)[C@@H](NC(=O)CNC(=O)CNC(=O)COc1ccc([C@@H]2[C@@H](SCC(O)c3ccc(F)cc3)C(=O)N2c2ccc(F)cc2)cc1)C(=O)O.[H+]. The highest BCUT2D eigenvalue weighted by molar-refractivity contribution is 8.00. The zero-order chi connectivity index (χ0) is 36.6. The van der Waals surface area contributed by atoms with E-state index < -0.39 is 83.9 Å². The number of nitrogens with zero attached hydrogens (tertiary/aromatic N) is 1. The molecule has 1 unspecified atom stereocenters. The zero-order valence-electron chi connectivity index (χ0n) is 28.5. The highest BCUT2D eigenvalue weighted by atomic mass is 32.2. The fourth-order valence-corrected chi connectivity index (χ4v) is 6.36. The molecule has 266 valence electrons. The number of amides is 4. The molecule has 1 saturated heterocycles. The van der Waals surface area contributed by atoms with Gasteiger partial charge in [-0.2, -0.15) is 0 Å². The summed E-state index contributed by atoms with van der Waals surface area (Å²) < 4.78 is 32.5. The molecule has 0 aromatic heterocycles. The number of hydrogen-bond donors (Lipinski definition) is 5. The molecule has 50 heavy (non-hydrogen) atoms. The number of β-lactam (4-membered cyclic amide) rings is 1. The Morgan fingerprint density at radius 2 is 1.44 bits per heavy atom. The molecule has 0 aliphatic carbocycles. The van der Waals surface area contributed by atoms with Gasteiger partial charge in [-0.25, -0.2) is 13.6 Å². The van der Waals surface area contributed by atoms with E-state index in [9.17, 15) is 43.0 Å². The predicted molar refractivity (Wildman–Crippen MR) is 182 cm³/mol. The Morgan fingerprint density at radius 3 is 2.02 bits per heavy atom. The van der Waals surface area contributed by atoms with Crippen LogP contribution in [0.1, 0.15) is 45.5 Å². The van der Waals surface area contributed by atoms with E-state index in [1.54, 1.807) is 45.0 Å². The minimum atomic E-state index is -1.21. The first-order valence-electron chi connectivity index (χ1n) is 15.6. The van der Waals surface area contributed by atoms with Gasteiger partial charge in [0.25, 0.3) is 5.91 Å². The molecule has 15 heteroatoms. The highest BCUT2D eigenvalue weighted by Gasteiger charge is 2.49. The van der Waals surface area contributed by atoms with Crippen LogP contribution in [0.3, 0.4) is 0 Å². The molecule has 1 heterocycles. The Morgan fingerprint density at radius 1 is 0.880 bits per heavy atom. The van der Waals surface area contributed by atoms with Gasteiger partial charge in [0.2, 0.25) is 17.7 Å². The van der Waals surface area contributed by atoms with Crippen LogP contribution in [-0.4, -0.2) is 76.6 Å². The number of carboxylic acids is 1. The molecule has 3 aromatic rings. The lowest BCUT2D eigenvalue weighted by Gasteiger charge is -2.47. The first-order chi connectivity index (χ1) is 23.6. The van der Waals surface area contributed by atoms with Crippen molar-refractivity contribution in [2.24, 2.45) is 5.41 Å². The Labute approximate surface area is 293 Å². The van der Waals surface area contributed by atoms with Crippen LogP contribution in [0.25, 0.3) is 0 Å². The van der Waals surface area contributed by atoms with Crippen LogP contribution in [0.5, 0.6) is 5.75 Å². The molecule has 4 rings (SSSR count). The van der Waals surface area contributed by atoms with Gasteiger partial charge >= 0.3 is 7.40 Å². The van der Waals surface area contributed by atoms with Crippen LogP contribution in [-0.2, 0) is 24.0 Å². The van der Waals surface area contributed by atoms with E-state index in [0.29, 0.717) is 17.0 Å². The van der Waals surface area contributed by atoms with E-state index in [2.05, 4.69) is 16.0 Å². The van der Waals surface area contributed by atoms with E-state index in [0.717, 1.165) is 5.56 Å². The van der Waals surface area contributed by atoms with Crippen molar-refractivity contribution in [3.05, 3.63) is 95.6 Å². The normalized spacial score (nSPS) is 16.8. The van der Waals surface area contributed by atoms with Crippen LogP contribution >= 0.6 is 11.8 Å². The van der Waals surface area contributed by atoms with E-state index >= 15 is 0 Å². The number of rotatable bonds is 15. The second-order valence-electron chi connectivity index (χ2n) is 12.6. The van der Waals surface area contributed by atoms with Gasteiger partial charge in [-0.05, 0) is 65.1 Å². The minimum Gasteiger partial charge on any atom is -0.484 e. The molecule has 4 atom stereocenters. The van der Waals surface area contributed by atoms with Crippen molar-refractivity contribution in [2.45, 2.75) is 44.2 Å². The number of carbonyl (C=O) groups is 5. The molecule has 0 saturated carbocycles. The molecular weight excluding hydrogens is 674 g/mol. The lowest BCUT2D eigenvalue weighted by atomic mass is 9.87. The quantitative estimate of drug-likeness (QED) is 0.148. The Kier molecular flexibility index (Phi) is 12.5. The third kappa shape index (κ3) is 10.0. The van der Waals surface area contributed by atoms with Crippen LogP contribution < -0.4 is 25.6 Å². The molecule has 12 nitrogen and oxygen atoms in total. The number of carboxylic acid groups (broad SMARTS) is 1. The number of halogens is 2. The van der Waals surface area contributed by atoms with Gasteiger partial charge in [-0.1, -0.05) is 45.0 Å². The summed E-state index contributed by atoms with van der Waals surface area (Å²) in [5, 5.41) is 26.4. The molecule has 1 aliphatic heterocycles. The summed E-state index contributed by atoms with van der Waals surface area (Å²) in [6, 6.07) is 16.0. The van der Waals surface area contributed by atoms with Crippen molar-refractivity contribution in [1.29, 1.82) is 0 Å². The fraction of sp³-hybridized carbons (Fsp3) is 0.343. The Bertz CT molecular complexity index is 1690. The van der Waals surface area contributed by atoms with Crippen molar-refractivity contribution in [1.82, 2.24) is 16.0 Å². The number of ether oxygens (including phenoxy) is 1. The molecule has 0 bridgehead atoms. The summed E-state index contributed by atoms with van der Waals surface area (Å²) in [6.07, 6.45) is -0.938. The van der Waals surface area contributed by atoms with Crippen LogP contribution in [0.2, 0.25) is 0 Å². The van der Waals surface area contributed by atoms with Gasteiger partial charge in [0, 0.05) is 11.4 Å². The summed E-state index contributed by atoms with van der Waals surface area (Å²) >= 11 is 1.25. The topological polar surface area (TPSA) is 174 Å². The highest BCUT2D eigenvalue weighted by Crippen LogP contribution is 2.46. The van der Waals surface area contributed by atoms with Crippen molar-refractivity contribution in [3.8, 4) is 5.75 Å². The average Bonchev–Trinajstić information content (AvgIpc) is 3.07. The van der Waals surface area contributed by atoms with Crippen LogP contribution in [0, 0.1) is 17.0 Å². The Balaban J connectivity index is 0.00000702. The van der Waals surface area contributed by atoms with Crippen molar-refractivity contribution in [3.63, 3.8) is 0 Å². The molecular formula is C35H39F2N4O8S+. The van der Waals surface area contributed by atoms with Gasteiger partial charge in [-0.15, -0.1) is 11.8 Å². The molecule has 3 aromatic carbocycles. The van der Waals surface area contributed by atoms with E-state index in [1.807, 2.05) is 0 Å². The maximum atomic E-state index is 13.6. The maximum absolute atomic E-state index is 13.6. The first-order valence-corrected chi connectivity index (χ1v) is 16.6. The smallest absolute Gasteiger partial charge is 0.484 e. The second kappa shape index (κ2) is 16.6. The molecule has 5 N–H and O–H groups in total. The fourth-order valence-electron chi connectivity index (χ4n) is 5.06. The minimum absolute atomic E-state index is 0. The third-order valence-electron chi connectivity index (χ3n) is 7.74. The lowest BCUT2D eigenvalue weighted by Crippen LogP contribution is -2.57. The molecule has 0 radical (unpaired) electrons. The van der Waals surface area contributed by atoms with Gasteiger partial charge in [0.15, 0.2) is 6.61 Å². The molecule has 1 fully saturated rings. The van der Waals surface area contributed by atoms with Crippen molar-refractivity contribution < 1.29 is 49.1 Å². The number of anilines is 1. The zero-order valence-corrected chi connectivity index (χ0v) is 28.3. The van der Waals surface area contributed by atoms with Gasteiger partial charge in [0.05, 0.1) is 25.2 Å². The van der Waals surface area contributed by atoms with E-state index in [4.69, 9.17) is 4.74 Å². The molecule has 4 amide bonds. The first kappa shape index (κ1) is 37.8. The Hall–Kier alpha value is -5.02. The number of benzene rings is 3. The lowest BCUT2D eigenvalue weighted by molar-refractivity contribution is -0.144.